The molecule has 1 aliphatic heterocycles. The molecular formula is C18H23N3O2. The van der Waals surface area contributed by atoms with E-state index >= 15 is 0 Å². The molecule has 0 aliphatic carbocycles. The molecule has 23 heavy (non-hydrogen) atoms. The molecule has 2 heterocycles. The van der Waals surface area contributed by atoms with Gasteiger partial charge in [0.05, 0.1) is 25.0 Å². The molecule has 2 aromatic rings. The molecule has 1 aromatic carbocycles. The number of fused-ring (bicyclic) bond motifs is 1. The van der Waals surface area contributed by atoms with Crippen LogP contribution in [-0.2, 0) is 17.8 Å². The van der Waals surface area contributed by atoms with Crippen molar-refractivity contribution in [2.45, 2.75) is 33.7 Å². The minimum absolute atomic E-state index is 0.184. The summed E-state index contributed by atoms with van der Waals surface area (Å²) in [6, 6.07) is 7.82. The van der Waals surface area contributed by atoms with Crippen molar-refractivity contribution in [3.05, 3.63) is 35.7 Å². The van der Waals surface area contributed by atoms with Crippen LogP contribution in [0.15, 0.2) is 24.3 Å². The lowest BCUT2D eigenvalue weighted by Crippen LogP contribution is -2.42. The average molecular weight is 313 g/mol. The van der Waals surface area contributed by atoms with Gasteiger partial charge in [0.15, 0.2) is 0 Å². The molecule has 1 aromatic heterocycles. The van der Waals surface area contributed by atoms with Crippen molar-refractivity contribution in [2.75, 3.05) is 13.7 Å². The quantitative estimate of drug-likeness (QED) is 0.927. The van der Waals surface area contributed by atoms with Gasteiger partial charge in [-0.3, -0.25) is 4.79 Å². The number of nitrogens with zero attached hydrogens (tertiary/aromatic N) is 2. The Kier molecular flexibility index (Phi) is 3.88. The van der Waals surface area contributed by atoms with Crippen LogP contribution in [0.25, 0.3) is 11.4 Å². The van der Waals surface area contributed by atoms with E-state index in [0.29, 0.717) is 6.54 Å². The van der Waals surface area contributed by atoms with Crippen molar-refractivity contribution >= 4 is 5.91 Å². The fourth-order valence-electron chi connectivity index (χ4n) is 2.83. The zero-order valence-corrected chi connectivity index (χ0v) is 14.1. The first-order chi connectivity index (χ1) is 10.9. The zero-order chi connectivity index (χ0) is 16.6. The van der Waals surface area contributed by atoms with E-state index in [0.717, 1.165) is 41.5 Å². The van der Waals surface area contributed by atoms with Crippen LogP contribution in [0.3, 0.4) is 0 Å². The van der Waals surface area contributed by atoms with Gasteiger partial charge in [-0.15, -0.1) is 0 Å². The Morgan fingerprint density at radius 3 is 2.57 bits per heavy atom. The lowest BCUT2D eigenvalue weighted by atomic mass is 9.94. The number of amides is 1. The molecule has 1 amide bonds. The Balaban J connectivity index is 1.82. The fraction of sp³-hybridized carbons (Fsp3) is 0.444. The number of carbonyl (C=O) groups is 1. The monoisotopic (exact) mass is 313 g/mol. The normalized spacial score (nSPS) is 14.5. The molecule has 1 N–H and O–H groups in total. The predicted molar refractivity (Wildman–Crippen MR) is 89.2 cm³/mol. The van der Waals surface area contributed by atoms with Crippen molar-refractivity contribution in [3.8, 4) is 17.1 Å². The molecule has 3 rings (SSSR count). The highest BCUT2D eigenvalue weighted by Gasteiger charge is 2.30. The van der Waals surface area contributed by atoms with E-state index in [2.05, 4.69) is 4.98 Å². The maximum atomic E-state index is 12.5. The van der Waals surface area contributed by atoms with Crippen LogP contribution in [-0.4, -0.2) is 34.4 Å². The van der Waals surface area contributed by atoms with E-state index < -0.39 is 0 Å². The second-order valence-corrected chi connectivity index (χ2v) is 6.97. The number of hydrogen-bond donors (Lipinski definition) is 1. The van der Waals surface area contributed by atoms with Gasteiger partial charge in [-0.25, -0.2) is 4.98 Å². The van der Waals surface area contributed by atoms with Gasteiger partial charge in [-0.05, 0) is 24.3 Å². The third-order valence-electron chi connectivity index (χ3n) is 4.12. The highest BCUT2D eigenvalue weighted by atomic mass is 16.5. The van der Waals surface area contributed by atoms with Gasteiger partial charge in [0.2, 0.25) is 5.91 Å². The minimum atomic E-state index is -0.351. The minimum Gasteiger partial charge on any atom is -0.497 e. The molecule has 0 saturated carbocycles. The zero-order valence-electron chi connectivity index (χ0n) is 14.1. The maximum absolute atomic E-state index is 12.5. The molecule has 0 saturated heterocycles. The van der Waals surface area contributed by atoms with Crippen molar-refractivity contribution < 1.29 is 9.53 Å². The average Bonchev–Trinajstić information content (AvgIpc) is 2.96. The van der Waals surface area contributed by atoms with Crippen LogP contribution < -0.4 is 4.74 Å². The van der Waals surface area contributed by atoms with Crippen molar-refractivity contribution in [3.63, 3.8) is 0 Å². The third kappa shape index (κ3) is 3.09. The van der Waals surface area contributed by atoms with E-state index in [1.165, 1.54) is 0 Å². The Labute approximate surface area is 136 Å². The van der Waals surface area contributed by atoms with Gasteiger partial charge in [-0.2, -0.15) is 0 Å². The number of methoxy groups -OCH3 is 1. The second kappa shape index (κ2) is 5.72. The van der Waals surface area contributed by atoms with Gasteiger partial charge in [0.25, 0.3) is 0 Å². The highest BCUT2D eigenvalue weighted by Crippen LogP contribution is 2.26. The standard InChI is InChI=1S/C18H23N3O2/c1-18(2,3)17(22)21-10-9-14-15(11-21)20-16(19-14)12-5-7-13(23-4)8-6-12/h5-8H,9-11H2,1-4H3,(H,19,20). The number of benzene rings is 1. The molecule has 0 fully saturated rings. The third-order valence-corrected chi connectivity index (χ3v) is 4.12. The van der Waals surface area contributed by atoms with Crippen molar-refractivity contribution in [1.29, 1.82) is 0 Å². The van der Waals surface area contributed by atoms with E-state index in [4.69, 9.17) is 9.72 Å². The summed E-state index contributed by atoms with van der Waals surface area (Å²) >= 11 is 0. The highest BCUT2D eigenvalue weighted by molar-refractivity contribution is 5.81. The van der Waals surface area contributed by atoms with E-state index in [1.54, 1.807) is 7.11 Å². The van der Waals surface area contributed by atoms with E-state index in [9.17, 15) is 4.79 Å². The van der Waals surface area contributed by atoms with Crippen LogP contribution in [0.1, 0.15) is 32.2 Å². The first-order valence-electron chi connectivity index (χ1n) is 7.90. The molecule has 122 valence electrons. The van der Waals surface area contributed by atoms with Crippen LogP contribution in [0.5, 0.6) is 5.75 Å². The molecule has 5 heteroatoms. The molecule has 1 aliphatic rings. The summed E-state index contributed by atoms with van der Waals surface area (Å²) in [6.45, 7) is 7.21. The van der Waals surface area contributed by atoms with Gasteiger partial charge >= 0.3 is 0 Å². The Bertz CT molecular complexity index is 711. The first kappa shape index (κ1) is 15.6. The molecule has 5 nitrogen and oxygen atoms in total. The van der Waals surface area contributed by atoms with Gasteiger partial charge in [-0.1, -0.05) is 20.8 Å². The number of aromatic amines is 1. The summed E-state index contributed by atoms with van der Waals surface area (Å²) < 4.78 is 5.18. The van der Waals surface area contributed by atoms with Crippen LogP contribution in [0.4, 0.5) is 0 Å². The van der Waals surface area contributed by atoms with Gasteiger partial charge < -0.3 is 14.6 Å². The Morgan fingerprint density at radius 1 is 1.26 bits per heavy atom. The SMILES string of the molecule is COc1ccc(-c2nc3c([nH]2)CN(C(=O)C(C)(C)C)CC3)cc1. The summed E-state index contributed by atoms with van der Waals surface area (Å²) in [5.74, 6) is 1.86. The molecule has 0 spiro atoms. The topological polar surface area (TPSA) is 58.2 Å². The lowest BCUT2D eigenvalue weighted by molar-refractivity contribution is -0.140. The summed E-state index contributed by atoms with van der Waals surface area (Å²) in [4.78, 5) is 22.4. The molecule has 0 atom stereocenters. The molecule has 0 radical (unpaired) electrons. The number of ether oxygens (including phenoxy) is 1. The first-order valence-corrected chi connectivity index (χ1v) is 7.90. The van der Waals surface area contributed by atoms with Crippen LogP contribution in [0, 0.1) is 5.41 Å². The largest absolute Gasteiger partial charge is 0.497 e. The van der Waals surface area contributed by atoms with E-state index in [1.807, 2.05) is 49.9 Å². The van der Waals surface area contributed by atoms with Gasteiger partial charge in [0, 0.05) is 23.9 Å². The number of H-pyrrole nitrogens is 1. The second-order valence-electron chi connectivity index (χ2n) is 6.97. The van der Waals surface area contributed by atoms with Crippen molar-refractivity contribution in [2.24, 2.45) is 5.41 Å². The summed E-state index contributed by atoms with van der Waals surface area (Å²) in [6.07, 6.45) is 0.795. The lowest BCUT2D eigenvalue weighted by Gasteiger charge is -2.31. The fourth-order valence-corrected chi connectivity index (χ4v) is 2.83. The van der Waals surface area contributed by atoms with Crippen LogP contribution in [0.2, 0.25) is 0 Å². The molecule has 0 unspecified atom stereocenters. The van der Waals surface area contributed by atoms with Crippen molar-refractivity contribution in [1.82, 2.24) is 14.9 Å². The Hall–Kier alpha value is -2.30. The summed E-state index contributed by atoms with van der Waals surface area (Å²) in [7, 11) is 1.65. The molecule has 0 bridgehead atoms. The van der Waals surface area contributed by atoms with Gasteiger partial charge in [0.1, 0.15) is 11.6 Å². The summed E-state index contributed by atoms with van der Waals surface area (Å²) in [5.41, 5.74) is 2.78. The number of imidazole rings is 1. The number of aromatic nitrogens is 2. The number of carbonyl (C=O) groups excluding carboxylic acids is 1. The number of rotatable bonds is 2. The maximum Gasteiger partial charge on any atom is 0.228 e. The smallest absolute Gasteiger partial charge is 0.228 e. The van der Waals surface area contributed by atoms with Crippen LogP contribution >= 0.6 is 0 Å². The predicted octanol–water partition coefficient (Wildman–Crippen LogP) is 3.02. The molecular weight excluding hydrogens is 290 g/mol. The number of hydrogen-bond acceptors (Lipinski definition) is 3. The number of nitrogens with one attached hydrogen (secondary N) is 1. The van der Waals surface area contributed by atoms with E-state index in [-0.39, 0.29) is 11.3 Å². The Morgan fingerprint density at radius 2 is 1.96 bits per heavy atom. The summed E-state index contributed by atoms with van der Waals surface area (Å²) in [5, 5.41) is 0.